The summed E-state index contributed by atoms with van der Waals surface area (Å²) in [6.45, 7) is 1.86. The Morgan fingerprint density at radius 1 is 1.19 bits per heavy atom. The summed E-state index contributed by atoms with van der Waals surface area (Å²) >= 11 is 1.29. The summed E-state index contributed by atoms with van der Waals surface area (Å²) in [5.74, 6) is -1.06. The van der Waals surface area contributed by atoms with Crippen LogP contribution in [0.5, 0.6) is 0 Å². The van der Waals surface area contributed by atoms with E-state index < -0.39 is 5.97 Å². The van der Waals surface area contributed by atoms with Crippen LogP contribution in [0.1, 0.15) is 45.6 Å². The number of amides is 1. The van der Waals surface area contributed by atoms with Gasteiger partial charge < -0.3 is 14.8 Å². The maximum atomic E-state index is 12.1. The number of anilines is 1. The summed E-state index contributed by atoms with van der Waals surface area (Å²) in [5.41, 5.74) is 1.17. The molecule has 0 radical (unpaired) electrons. The van der Waals surface area contributed by atoms with Crippen molar-refractivity contribution in [3.8, 4) is 0 Å². The van der Waals surface area contributed by atoms with Crippen molar-refractivity contribution in [2.75, 3.05) is 19.0 Å². The number of esters is 1. The van der Waals surface area contributed by atoms with Gasteiger partial charge in [0.15, 0.2) is 18.1 Å². The highest BCUT2D eigenvalue weighted by atomic mass is 32.1. The number of nitrogens with one attached hydrogen (secondary N) is 1. The monoisotopic (exact) mass is 376 g/mol. The Morgan fingerprint density at radius 3 is 2.58 bits per heavy atom. The van der Waals surface area contributed by atoms with Crippen molar-refractivity contribution in [1.82, 2.24) is 4.98 Å². The molecular formula is C18H20N2O5S. The zero-order valence-electron chi connectivity index (χ0n) is 14.6. The highest BCUT2D eigenvalue weighted by Crippen LogP contribution is 2.13. The smallest absolute Gasteiger partial charge is 0.358 e. The molecule has 0 spiro atoms. The van der Waals surface area contributed by atoms with Crippen LogP contribution in [0.15, 0.2) is 29.6 Å². The molecule has 1 heterocycles. The molecule has 1 N–H and O–H groups in total. The summed E-state index contributed by atoms with van der Waals surface area (Å²) in [4.78, 5) is 39.6. The van der Waals surface area contributed by atoms with Crippen LogP contribution in [0.2, 0.25) is 0 Å². The van der Waals surface area contributed by atoms with E-state index in [1.54, 1.807) is 36.8 Å². The van der Waals surface area contributed by atoms with Gasteiger partial charge >= 0.3 is 5.97 Å². The molecule has 0 atom stereocenters. The van der Waals surface area contributed by atoms with Crippen LogP contribution < -0.4 is 5.32 Å². The molecule has 2 aromatic rings. The summed E-state index contributed by atoms with van der Waals surface area (Å²) in [5, 5.41) is 4.96. The number of hydrogen-bond donors (Lipinski definition) is 1. The fraction of sp³-hybridized carbons (Fsp3) is 0.333. The summed E-state index contributed by atoms with van der Waals surface area (Å²) in [7, 11) is 1.54. The van der Waals surface area contributed by atoms with Crippen LogP contribution in [0.3, 0.4) is 0 Å². The van der Waals surface area contributed by atoms with E-state index in [1.807, 2.05) is 6.92 Å². The predicted molar refractivity (Wildman–Crippen MR) is 97.4 cm³/mol. The van der Waals surface area contributed by atoms with Gasteiger partial charge in [0.25, 0.3) is 0 Å². The van der Waals surface area contributed by atoms with E-state index in [0.717, 1.165) is 6.42 Å². The van der Waals surface area contributed by atoms with E-state index in [0.29, 0.717) is 29.3 Å². The SMILES string of the molecule is CCCC(=O)Nc1ccc(C(=O)COC(=O)c2csc(COC)n2)cc1. The quantitative estimate of drug-likeness (QED) is 0.534. The van der Waals surface area contributed by atoms with E-state index in [9.17, 15) is 14.4 Å². The maximum Gasteiger partial charge on any atom is 0.358 e. The summed E-state index contributed by atoms with van der Waals surface area (Å²) in [6, 6.07) is 6.44. The number of ether oxygens (including phenoxy) is 2. The van der Waals surface area contributed by atoms with Crippen molar-refractivity contribution >= 4 is 34.7 Å². The third kappa shape index (κ3) is 5.75. The lowest BCUT2D eigenvalue weighted by Gasteiger charge is -2.06. The Morgan fingerprint density at radius 2 is 1.92 bits per heavy atom. The molecule has 26 heavy (non-hydrogen) atoms. The van der Waals surface area contributed by atoms with Gasteiger partial charge in [0.2, 0.25) is 5.91 Å². The molecular weight excluding hydrogens is 356 g/mol. The third-order valence-electron chi connectivity index (χ3n) is 3.33. The lowest BCUT2D eigenvalue weighted by atomic mass is 10.1. The van der Waals surface area contributed by atoms with Gasteiger partial charge in [-0.15, -0.1) is 11.3 Å². The summed E-state index contributed by atoms with van der Waals surface area (Å²) in [6.07, 6.45) is 1.21. The van der Waals surface area contributed by atoms with Gasteiger partial charge in [0.1, 0.15) is 5.01 Å². The van der Waals surface area contributed by atoms with Crippen molar-refractivity contribution in [3.63, 3.8) is 0 Å². The van der Waals surface area contributed by atoms with Crippen molar-refractivity contribution in [2.24, 2.45) is 0 Å². The molecule has 0 unspecified atom stereocenters. The Balaban J connectivity index is 1.86. The van der Waals surface area contributed by atoms with Gasteiger partial charge in [-0.2, -0.15) is 0 Å². The molecule has 138 valence electrons. The topological polar surface area (TPSA) is 94.6 Å². The van der Waals surface area contributed by atoms with Crippen LogP contribution in [0.25, 0.3) is 0 Å². The zero-order chi connectivity index (χ0) is 18.9. The molecule has 0 fully saturated rings. The van der Waals surface area contributed by atoms with Gasteiger partial charge in [0, 0.05) is 30.2 Å². The Kier molecular flexibility index (Phi) is 7.43. The number of carbonyl (C=O) groups excluding carboxylic acids is 3. The van der Waals surface area contributed by atoms with Crippen molar-refractivity contribution in [2.45, 2.75) is 26.4 Å². The molecule has 0 saturated heterocycles. The maximum absolute atomic E-state index is 12.1. The van der Waals surface area contributed by atoms with E-state index in [2.05, 4.69) is 10.3 Å². The minimum absolute atomic E-state index is 0.0726. The number of methoxy groups -OCH3 is 1. The molecule has 0 saturated carbocycles. The number of ketones is 1. The molecule has 0 bridgehead atoms. The van der Waals surface area contributed by atoms with Crippen LogP contribution in [-0.4, -0.2) is 36.4 Å². The number of carbonyl (C=O) groups is 3. The van der Waals surface area contributed by atoms with E-state index in [-0.39, 0.29) is 24.0 Å². The second-order valence-electron chi connectivity index (χ2n) is 5.43. The molecule has 0 aliphatic heterocycles. The number of Topliss-reactive ketones (excluding diaryl/α,β-unsaturated/α-hetero) is 1. The number of benzene rings is 1. The fourth-order valence-electron chi connectivity index (χ4n) is 2.07. The zero-order valence-corrected chi connectivity index (χ0v) is 15.4. The Bertz CT molecular complexity index is 770. The van der Waals surface area contributed by atoms with E-state index in [1.165, 1.54) is 11.3 Å². The second kappa shape index (κ2) is 9.79. The first-order valence-corrected chi connectivity index (χ1v) is 8.95. The van der Waals surface area contributed by atoms with Gasteiger partial charge in [-0.25, -0.2) is 9.78 Å². The van der Waals surface area contributed by atoms with Crippen LogP contribution >= 0.6 is 11.3 Å². The largest absolute Gasteiger partial charge is 0.453 e. The van der Waals surface area contributed by atoms with Crippen molar-refractivity contribution < 1.29 is 23.9 Å². The summed E-state index contributed by atoms with van der Waals surface area (Å²) < 4.78 is 9.95. The number of nitrogens with zero attached hydrogens (tertiary/aromatic N) is 1. The number of hydrogen-bond acceptors (Lipinski definition) is 7. The minimum Gasteiger partial charge on any atom is -0.453 e. The standard InChI is InChI=1S/C18H20N2O5S/c1-3-4-16(22)19-13-7-5-12(6-8-13)15(21)9-25-18(23)14-11-26-17(20-14)10-24-2/h5-8,11H,3-4,9-10H2,1-2H3,(H,19,22). The highest BCUT2D eigenvalue weighted by Gasteiger charge is 2.15. The third-order valence-corrected chi connectivity index (χ3v) is 4.15. The van der Waals surface area contributed by atoms with Gasteiger partial charge in [-0.1, -0.05) is 6.92 Å². The average Bonchev–Trinajstić information content (AvgIpc) is 3.09. The molecule has 1 amide bonds. The molecule has 8 heteroatoms. The number of rotatable bonds is 9. The van der Waals surface area contributed by atoms with Gasteiger partial charge in [-0.05, 0) is 30.7 Å². The number of thiazole rings is 1. The first-order chi connectivity index (χ1) is 12.5. The van der Waals surface area contributed by atoms with Crippen LogP contribution in [0, 0.1) is 0 Å². The Labute approximate surface area is 155 Å². The van der Waals surface area contributed by atoms with E-state index in [4.69, 9.17) is 9.47 Å². The molecule has 0 aliphatic carbocycles. The average molecular weight is 376 g/mol. The second-order valence-corrected chi connectivity index (χ2v) is 6.38. The normalized spacial score (nSPS) is 10.4. The molecule has 2 rings (SSSR count). The molecule has 1 aromatic carbocycles. The van der Waals surface area contributed by atoms with E-state index >= 15 is 0 Å². The lowest BCUT2D eigenvalue weighted by Crippen LogP contribution is -2.15. The van der Waals surface area contributed by atoms with Crippen molar-refractivity contribution in [1.29, 1.82) is 0 Å². The minimum atomic E-state index is -0.652. The highest BCUT2D eigenvalue weighted by molar-refractivity contribution is 7.09. The number of aromatic nitrogens is 1. The van der Waals surface area contributed by atoms with Crippen LogP contribution in [0.4, 0.5) is 5.69 Å². The lowest BCUT2D eigenvalue weighted by molar-refractivity contribution is -0.116. The van der Waals surface area contributed by atoms with Gasteiger partial charge in [0.05, 0.1) is 6.61 Å². The Hall–Kier alpha value is -2.58. The van der Waals surface area contributed by atoms with Crippen LogP contribution in [-0.2, 0) is 20.9 Å². The van der Waals surface area contributed by atoms with Gasteiger partial charge in [-0.3, -0.25) is 9.59 Å². The predicted octanol–water partition coefficient (Wildman–Crippen LogP) is 3.07. The molecule has 0 aliphatic rings. The first kappa shape index (κ1) is 19.7. The molecule has 7 nitrogen and oxygen atoms in total. The van der Waals surface area contributed by atoms with Crippen molar-refractivity contribution in [3.05, 3.63) is 45.9 Å². The molecule has 1 aromatic heterocycles. The fourth-order valence-corrected chi connectivity index (χ4v) is 2.81. The first-order valence-electron chi connectivity index (χ1n) is 8.07.